The van der Waals surface area contributed by atoms with E-state index in [0.717, 1.165) is 6.07 Å². The van der Waals surface area contributed by atoms with Crippen LogP contribution in [0, 0.1) is 12.7 Å². The molecule has 3 N–H and O–H groups in total. The highest BCUT2D eigenvalue weighted by atomic mass is 19.1. The fourth-order valence-corrected chi connectivity index (χ4v) is 1.96. The van der Waals surface area contributed by atoms with Gasteiger partial charge >= 0.3 is 0 Å². The van der Waals surface area contributed by atoms with Gasteiger partial charge in [0.25, 0.3) is 11.8 Å². The Morgan fingerprint density at radius 3 is 2.32 bits per heavy atom. The number of aryl methyl sites for hydroxylation is 1. The summed E-state index contributed by atoms with van der Waals surface area (Å²) in [5, 5.41) is 2.35. The van der Waals surface area contributed by atoms with Crippen LogP contribution in [0.1, 0.15) is 24.8 Å². The van der Waals surface area contributed by atoms with Crippen LogP contribution in [0.3, 0.4) is 0 Å². The Morgan fingerprint density at radius 2 is 1.91 bits per heavy atom. The van der Waals surface area contributed by atoms with E-state index >= 15 is 0 Å². The number of ether oxygens (including phenoxy) is 1. The van der Waals surface area contributed by atoms with Crippen molar-refractivity contribution >= 4 is 17.5 Å². The van der Waals surface area contributed by atoms with E-state index in [1.165, 1.54) is 32.4 Å². The van der Waals surface area contributed by atoms with Gasteiger partial charge in [-0.25, -0.2) is 4.39 Å². The second kappa shape index (κ2) is 8.94. The highest BCUT2D eigenvalue weighted by Crippen LogP contribution is 2.13. The molecule has 0 spiro atoms. The van der Waals surface area contributed by atoms with Crippen LogP contribution < -0.4 is 11.1 Å². The normalized spacial score (nSPS) is 14.0. The average molecular weight is 308 g/mol. The van der Waals surface area contributed by atoms with E-state index < -0.39 is 23.7 Å². The average Bonchev–Trinajstić information content (AvgIpc) is 2.96. The van der Waals surface area contributed by atoms with Gasteiger partial charge in [-0.3, -0.25) is 9.59 Å². The number of hydrogen-bond acceptors (Lipinski definition) is 3. The molecule has 0 saturated carbocycles. The zero-order valence-electron chi connectivity index (χ0n) is 12.8. The van der Waals surface area contributed by atoms with Crippen molar-refractivity contribution in [1.82, 2.24) is 0 Å². The summed E-state index contributed by atoms with van der Waals surface area (Å²) in [4.78, 5) is 22.4. The number of halogens is 1. The third-order valence-electron chi connectivity index (χ3n) is 2.95. The van der Waals surface area contributed by atoms with Crippen molar-refractivity contribution in [2.75, 3.05) is 12.4 Å². The molecule has 1 aliphatic rings. The highest BCUT2D eigenvalue weighted by molar-refractivity contribution is 6.08. The lowest BCUT2D eigenvalue weighted by atomic mass is 10.2. The number of allylic oxidation sites excluding steroid dienone is 2. The molecule has 1 aliphatic carbocycles. The fourth-order valence-electron chi connectivity index (χ4n) is 1.96. The molecule has 0 aromatic heterocycles. The van der Waals surface area contributed by atoms with E-state index in [0.29, 0.717) is 5.56 Å². The van der Waals surface area contributed by atoms with Crippen LogP contribution in [0.15, 0.2) is 30.4 Å². The smallest absolute Gasteiger partial charge is 0.263 e. The number of anilines is 1. The Balaban J connectivity index is 0.000000406. The Labute approximate surface area is 129 Å². The van der Waals surface area contributed by atoms with Crippen LogP contribution in [0.2, 0.25) is 0 Å². The molecule has 1 aromatic rings. The lowest BCUT2D eigenvalue weighted by Gasteiger charge is -2.12. The van der Waals surface area contributed by atoms with E-state index in [-0.39, 0.29) is 5.69 Å². The minimum absolute atomic E-state index is 0.246. The molecule has 0 radical (unpaired) electrons. The molecule has 0 saturated heterocycles. The van der Waals surface area contributed by atoms with Gasteiger partial charge < -0.3 is 15.8 Å². The topological polar surface area (TPSA) is 81.4 Å². The summed E-state index contributed by atoms with van der Waals surface area (Å²) in [5.74, 6) is -2.11. The van der Waals surface area contributed by atoms with Crippen LogP contribution in [0.25, 0.3) is 0 Å². The molecule has 5 nitrogen and oxygen atoms in total. The standard InChI is InChI=1S/C11H13FN2O3.C5H8/c1-6-3-7(12)5-8(4-6)14-11(16)9(17-2)10(13)15;1-2-4-5-3-1/h3-5,9H,1-2H3,(H2,13,15)(H,14,16);1-2H,3-5H2. The quantitative estimate of drug-likeness (QED) is 0.661. The minimum atomic E-state index is -1.39. The maximum atomic E-state index is 13.0. The summed E-state index contributed by atoms with van der Waals surface area (Å²) in [6.07, 6.45) is 7.11. The maximum absolute atomic E-state index is 13.0. The number of methoxy groups -OCH3 is 1. The Kier molecular flexibility index (Phi) is 7.25. The van der Waals surface area contributed by atoms with E-state index in [1.807, 2.05) is 0 Å². The number of nitrogens with two attached hydrogens (primary N) is 1. The third-order valence-corrected chi connectivity index (χ3v) is 2.95. The van der Waals surface area contributed by atoms with Crippen LogP contribution in [-0.4, -0.2) is 25.0 Å². The zero-order chi connectivity index (χ0) is 16.5. The maximum Gasteiger partial charge on any atom is 0.263 e. The molecule has 0 aliphatic heterocycles. The molecule has 2 rings (SSSR count). The lowest BCUT2D eigenvalue weighted by Crippen LogP contribution is -2.40. The van der Waals surface area contributed by atoms with Crippen molar-refractivity contribution < 1.29 is 18.7 Å². The molecule has 2 amide bonds. The van der Waals surface area contributed by atoms with Crippen molar-refractivity contribution in [2.45, 2.75) is 32.3 Å². The third kappa shape index (κ3) is 6.05. The van der Waals surface area contributed by atoms with Gasteiger partial charge in [-0.05, 0) is 49.9 Å². The number of rotatable bonds is 4. The summed E-state index contributed by atoms with van der Waals surface area (Å²) < 4.78 is 17.7. The first-order valence-electron chi connectivity index (χ1n) is 6.99. The molecule has 1 atom stereocenters. The Bertz CT molecular complexity index is 532. The van der Waals surface area contributed by atoms with Crippen LogP contribution in [-0.2, 0) is 14.3 Å². The van der Waals surface area contributed by atoms with Gasteiger partial charge in [0.1, 0.15) is 5.82 Å². The van der Waals surface area contributed by atoms with E-state index in [2.05, 4.69) is 22.2 Å². The number of benzene rings is 1. The summed E-state index contributed by atoms with van der Waals surface area (Å²) in [6.45, 7) is 1.68. The summed E-state index contributed by atoms with van der Waals surface area (Å²) in [6, 6.07) is 4.02. The number of carbonyl (C=O) groups is 2. The summed E-state index contributed by atoms with van der Waals surface area (Å²) >= 11 is 0. The van der Waals surface area contributed by atoms with Gasteiger partial charge in [0.2, 0.25) is 6.10 Å². The second-order valence-electron chi connectivity index (χ2n) is 4.93. The van der Waals surface area contributed by atoms with Gasteiger partial charge in [0.05, 0.1) is 0 Å². The molecule has 0 bridgehead atoms. The Morgan fingerprint density at radius 1 is 1.27 bits per heavy atom. The molecule has 0 heterocycles. The monoisotopic (exact) mass is 308 g/mol. The number of primary amides is 1. The largest absolute Gasteiger partial charge is 0.367 e. The molecule has 1 aromatic carbocycles. The summed E-state index contributed by atoms with van der Waals surface area (Å²) in [5.41, 5.74) is 5.86. The number of nitrogens with one attached hydrogen (secondary N) is 1. The predicted molar refractivity (Wildman–Crippen MR) is 82.7 cm³/mol. The van der Waals surface area contributed by atoms with Gasteiger partial charge in [0.15, 0.2) is 0 Å². The van der Waals surface area contributed by atoms with E-state index in [4.69, 9.17) is 5.73 Å². The van der Waals surface area contributed by atoms with Gasteiger partial charge in [-0.1, -0.05) is 12.2 Å². The first kappa shape index (κ1) is 17.8. The van der Waals surface area contributed by atoms with Crippen molar-refractivity contribution in [1.29, 1.82) is 0 Å². The number of carbonyl (C=O) groups excluding carboxylic acids is 2. The number of amides is 2. The second-order valence-corrected chi connectivity index (χ2v) is 4.93. The van der Waals surface area contributed by atoms with Gasteiger partial charge in [-0.2, -0.15) is 0 Å². The summed E-state index contributed by atoms with van der Waals surface area (Å²) in [7, 11) is 1.19. The van der Waals surface area contributed by atoms with Crippen LogP contribution >= 0.6 is 0 Å². The predicted octanol–water partition coefficient (Wildman–Crippen LogP) is 2.30. The van der Waals surface area contributed by atoms with Crippen LogP contribution in [0.4, 0.5) is 10.1 Å². The minimum Gasteiger partial charge on any atom is -0.367 e. The Hall–Kier alpha value is -2.21. The highest BCUT2D eigenvalue weighted by Gasteiger charge is 2.23. The van der Waals surface area contributed by atoms with E-state index in [1.54, 1.807) is 13.0 Å². The van der Waals surface area contributed by atoms with Crippen molar-refractivity contribution in [3.8, 4) is 0 Å². The first-order valence-corrected chi connectivity index (χ1v) is 6.99. The first-order chi connectivity index (χ1) is 10.4. The van der Waals surface area contributed by atoms with Gasteiger partial charge in [0, 0.05) is 12.8 Å². The molecule has 0 fully saturated rings. The molecule has 120 valence electrons. The van der Waals surface area contributed by atoms with Crippen LogP contribution in [0.5, 0.6) is 0 Å². The lowest BCUT2D eigenvalue weighted by molar-refractivity contribution is -0.138. The number of hydrogen-bond donors (Lipinski definition) is 2. The van der Waals surface area contributed by atoms with Crippen molar-refractivity contribution in [2.24, 2.45) is 5.73 Å². The molecule has 1 unspecified atom stereocenters. The fraction of sp³-hybridized carbons (Fsp3) is 0.375. The zero-order valence-corrected chi connectivity index (χ0v) is 12.8. The van der Waals surface area contributed by atoms with Gasteiger partial charge in [-0.15, -0.1) is 0 Å². The molecular formula is C16H21FN2O3. The molecule has 6 heteroatoms. The molecular weight excluding hydrogens is 287 g/mol. The SMILES string of the molecule is C1=CCCC1.COC(C(N)=O)C(=O)Nc1cc(C)cc(F)c1. The van der Waals surface area contributed by atoms with Crippen molar-refractivity contribution in [3.05, 3.63) is 41.7 Å². The van der Waals surface area contributed by atoms with Crippen molar-refractivity contribution in [3.63, 3.8) is 0 Å². The van der Waals surface area contributed by atoms with E-state index in [9.17, 15) is 14.0 Å². The molecule has 22 heavy (non-hydrogen) atoms.